The Bertz CT molecular complexity index is 506. The molecule has 0 atom stereocenters. The van der Waals surface area contributed by atoms with Gasteiger partial charge in [0.1, 0.15) is 0 Å². The number of hydrogen-bond donors (Lipinski definition) is 0. The van der Waals surface area contributed by atoms with Crippen LogP contribution < -0.4 is 0 Å². The zero-order chi connectivity index (χ0) is 11.4. The number of rotatable bonds is 2. The Morgan fingerprint density at radius 1 is 1.12 bits per heavy atom. The fourth-order valence-corrected chi connectivity index (χ4v) is 2.06. The number of nitriles is 1. The minimum atomic E-state index is 0.647. The molecule has 0 saturated carbocycles. The molecule has 0 aliphatic heterocycles. The predicted octanol–water partition coefficient (Wildman–Crippen LogP) is 3.82. The average molecular weight is 224 g/mol. The summed E-state index contributed by atoms with van der Waals surface area (Å²) in [6, 6.07) is 19.0. The van der Waals surface area contributed by atoms with E-state index in [1.165, 1.54) is 10.5 Å². The molecule has 0 fully saturated rings. The number of aryl methyl sites for hydroxylation is 1. The van der Waals surface area contributed by atoms with Gasteiger partial charge in [-0.05, 0) is 43.3 Å². The molecule has 1 nitrogen and oxygen atoms in total. The first-order valence-corrected chi connectivity index (χ1v) is 5.76. The molecule has 2 heteroatoms. The molecule has 0 heterocycles. The topological polar surface area (TPSA) is 23.8 Å². The van der Waals surface area contributed by atoms with Gasteiger partial charge in [0.25, 0.3) is 0 Å². The van der Waals surface area contributed by atoms with Crippen LogP contribution in [0.4, 0.5) is 0 Å². The van der Waals surface area contributed by atoms with E-state index < -0.39 is 0 Å². The normalized spacial score (nSPS) is 9.75. The van der Waals surface area contributed by atoms with Crippen LogP contribution in [-0.2, 0) is 0 Å². The molecule has 2 aromatic carbocycles. The van der Waals surface area contributed by atoms with Crippen LogP contribution in [0.3, 0.4) is 0 Å². The summed E-state index contributed by atoms with van der Waals surface area (Å²) in [7, 11) is 0. The minimum Gasteiger partial charge on any atom is -0.192 e. The van der Waals surface area contributed by atoms with Gasteiger partial charge in [0.05, 0.1) is 11.6 Å². The fraction of sp³-hybridized carbons (Fsp3) is 0.0714. The molecule has 0 unspecified atom stereocenters. The maximum absolute atomic E-state index is 8.67. The third kappa shape index (κ3) is 2.65. The first-order valence-electron chi connectivity index (χ1n) is 4.94. The van der Waals surface area contributed by atoms with Gasteiger partial charge in [0.15, 0.2) is 0 Å². The largest absolute Gasteiger partial charge is 0.192 e. The highest BCUT2D eigenvalue weighted by atomic mass is 32.2. The summed E-state index contributed by atoms with van der Waals surface area (Å²) in [4.78, 5) is 2.22. The Balaban J connectivity index is 2.15. The van der Waals surface area contributed by atoms with Gasteiger partial charge >= 0.3 is 0 Å². The highest BCUT2D eigenvalue weighted by Gasteiger charge is 1.97. The molecule has 16 heavy (non-hydrogen) atoms. The van der Waals surface area contributed by atoms with Crippen LogP contribution in [0.5, 0.6) is 0 Å². The number of hydrogen-bond acceptors (Lipinski definition) is 2. The first-order chi connectivity index (χ1) is 7.78. The van der Waals surface area contributed by atoms with Crippen LogP contribution >= 0.6 is 11.8 Å². The van der Waals surface area contributed by atoms with Crippen molar-refractivity contribution in [1.82, 2.24) is 0 Å². The Hall–Kier alpha value is -1.72. The second-order valence-electron chi connectivity index (χ2n) is 3.47. The van der Waals surface area contributed by atoms with Gasteiger partial charge in [-0.2, -0.15) is 5.26 Å². The van der Waals surface area contributed by atoms with Gasteiger partial charge in [-0.25, -0.2) is 0 Å². The van der Waals surface area contributed by atoms with Crippen molar-refractivity contribution in [2.75, 3.05) is 0 Å². The lowest BCUT2D eigenvalue weighted by Crippen LogP contribution is -1.77. The number of nitrogens with zero attached hydrogens (tertiary/aromatic N) is 1. The SMILES string of the molecule is Cc1ccc(Sc2[c]cc(C#N)cc2)cc1. The lowest BCUT2D eigenvalue weighted by molar-refractivity contribution is 1.35. The molecular weight excluding hydrogens is 214 g/mol. The number of benzene rings is 2. The lowest BCUT2D eigenvalue weighted by atomic mass is 10.2. The molecular formula is C14H10NS. The van der Waals surface area contributed by atoms with Crippen molar-refractivity contribution in [3.63, 3.8) is 0 Å². The maximum atomic E-state index is 8.67. The van der Waals surface area contributed by atoms with Gasteiger partial charge in [0.2, 0.25) is 0 Å². The molecule has 0 aliphatic carbocycles. The van der Waals surface area contributed by atoms with Crippen LogP contribution in [0, 0.1) is 24.3 Å². The monoisotopic (exact) mass is 224 g/mol. The van der Waals surface area contributed by atoms with E-state index in [4.69, 9.17) is 5.26 Å². The van der Waals surface area contributed by atoms with Crippen LogP contribution in [0.1, 0.15) is 11.1 Å². The molecule has 0 saturated heterocycles. The van der Waals surface area contributed by atoms with Crippen molar-refractivity contribution in [1.29, 1.82) is 5.26 Å². The highest BCUT2D eigenvalue weighted by molar-refractivity contribution is 7.99. The maximum Gasteiger partial charge on any atom is 0.0991 e. The average Bonchev–Trinajstić information content (AvgIpc) is 2.33. The molecule has 0 aliphatic rings. The quantitative estimate of drug-likeness (QED) is 0.774. The summed E-state index contributed by atoms with van der Waals surface area (Å²) in [5.41, 5.74) is 1.90. The first kappa shape index (κ1) is 10.8. The summed E-state index contributed by atoms with van der Waals surface area (Å²) in [6.07, 6.45) is 0. The van der Waals surface area contributed by atoms with Gasteiger partial charge < -0.3 is 0 Å². The van der Waals surface area contributed by atoms with Crippen molar-refractivity contribution in [2.45, 2.75) is 16.7 Å². The Labute approximate surface area is 99.7 Å². The van der Waals surface area contributed by atoms with Crippen LogP contribution in [-0.4, -0.2) is 0 Å². The summed E-state index contributed by atoms with van der Waals surface area (Å²) in [5, 5.41) is 8.67. The molecule has 0 bridgehead atoms. The summed E-state index contributed by atoms with van der Waals surface area (Å²) in [6.45, 7) is 2.07. The third-order valence-corrected chi connectivity index (χ3v) is 3.14. The van der Waals surface area contributed by atoms with Crippen molar-refractivity contribution in [2.24, 2.45) is 0 Å². The van der Waals surface area contributed by atoms with E-state index in [9.17, 15) is 0 Å². The molecule has 77 valence electrons. The van der Waals surface area contributed by atoms with Crippen LogP contribution in [0.15, 0.2) is 52.3 Å². The van der Waals surface area contributed by atoms with Crippen LogP contribution in [0.2, 0.25) is 0 Å². The van der Waals surface area contributed by atoms with Crippen LogP contribution in [0.25, 0.3) is 0 Å². The molecule has 0 amide bonds. The summed E-state index contributed by atoms with van der Waals surface area (Å²) < 4.78 is 0. The molecule has 1 radical (unpaired) electrons. The highest BCUT2D eigenvalue weighted by Crippen LogP contribution is 2.27. The second-order valence-corrected chi connectivity index (χ2v) is 4.58. The smallest absolute Gasteiger partial charge is 0.0991 e. The molecule has 2 aromatic rings. The van der Waals surface area contributed by atoms with Crippen molar-refractivity contribution < 1.29 is 0 Å². The zero-order valence-corrected chi connectivity index (χ0v) is 9.71. The van der Waals surface area contributed by atoms with Crippen molar-refractivity contribution in [3.05, 3.63) is 59.7 Å². The second kappa shape index (κ2) is 4.87. The van der Waals surface area contributed by atoms with E-state index in [1.54, 1.807) is 17.8 Å². The van der Waals surface area contributed by atoms with E-state index in [0.717, 1.165) is 4.90 Å². The van der Waals surface area contributed by atoms with E-state index in [2.05, 4.69) is 43.3 Å². The fourth-order valence-electron chi connectivity index (χ4n) is 1.28. The van der Waals surface area contributed by atoms with E-state index >= 15 is 0 Å². The molecule has 2 rings (SSSR count). The Morgan fingerprint density at radius 3 is 2.44 bits per heavy atom. The Kier molecular flexibility index (Phi) is 3.28. The van der Waals surface area contributed by atoms with Crippen molar-refractivity contribution in [3.8, 4) is 6.07 Å². The van der Waals surface area contributed by atoms with E-state index in [-0.39, 0.29) is 0 Å². The zero-order valence-electron chi connectivity index (χ0n) is 8.90. The van der Waals surface area contributed by atoms with Gasteiger partial charge in [-0.3, -0.25) is 0 Å². The van der Waals surface area contributed by atoms with Crippen molar-refractivity contribution >= 4 is 11.8 Å². The predicted molar refractivity (Wildman–Crippen MR) is 65.3 cm³/mol. The minimum absolute atomic E-state index is 0.647. The third-order valence-electron chi connectivity index (χ3n) is 2.16. The molecule has 0 N–H and O–H groups in total. The van der Waals surface area contributed by atoms with E-state index in [0.29, 0.717) is 5.56 Å². The standard InChI is InChI=1S/C14H10NS/c1-11-2-6-13(7-3-11)16-14-8-4-12(10-15)5-9-14/h2-8H,1H3. The molecule has 0 spiro atoms. The summed E-state index contributed by atoms with van der Waals surface area (Å²) in [5.74, 6) is 0. The van der Waals surface area contributed by atoms with Gasteiger partial charge in [0, 0.05) is 9.79 Å². The van der Waals surface area contributed by atoms with Gasteiger partial charge in [-0.1, -0.05) is 29.5 Å². The summed E-state index contributed by atoms with van der Waals surface area (Å²) >= 11 is 1.65. The van der Waals surface area contributed by atoms with Gasteiger partial charge in [-0.15, -0.1) is 0 Å². The Morgan fingerprint density at radius 2 is 1.88 bits per heavy atom. The molecule has 0 aromatic heterocycles. The lowest BCUT2D eigenvalue weighted by Gasteiger charge is -2.01. The van der Waals surface area contributed by atoms with E-state index in [1.807, 2.05) is 12.1 Å².